The maximum Gasteiger partial charge on any atom is 0.315 e. The van der Waals surface area contributed by atoms with E-state index in [0.717, 1.165) is 41.3 Å². The Bertz CT molecular complexity index is 555. The third-order valence-electron chi connectivity index (χ3n) is 3.35. The van der Waals surface area contributed by atoms with Crippen molar-refractivity contribution < 1.29 is 14.3 Å². The lowest BCUT2D eigenvalue weighted by Crippen LogP contribution is -2.17. The van der Waals surface area contributed by atoms with Gasteiger partial charge in [-0.15, -0.1) is 11.3 Å². The Morgan fingerprint density at radius 2 is 2.33 bits per heavy atom. The van der Waals surface area contributed by atoms with E-state index in [1.807, 2.05) is 12.1 Å². The fourth-order valence-corrected chi connectivity index (χ4v) is 3.18. The van der Waals surface area contributed by atoms with Crippen LogP contribution >= 0.6 is 11.3 Å². The second-order valence-corrected chi connectivity index (χ2v) is 5.70. The number of furan rings is 1. The topological polar surface area (TPSA) is 63.3 Å². The van der Waals surface area contributed by atoms with E-state index in [4.69, 9.17) is 4.42 Å². The lowest BCUT2D eigenvalue weighted by molar-refractivity contribution is -0.139. The van der Waals surface area contributed by atoms with Crippen molar-refractivity contribution in [1.29, 1.82) is 0 Å². The Morgan fingerprint density at radius 3 is 2.94 bits per heavy atom. The number of carbonyl (C=O) groups is 1. The summed E-state index contributed by atoms with van der Waals surface area (Å²) in [6, 6.07) is 3.81. The highest BCUT2D eigenvalue weighted by Gasteiger charge is 2.53. The number of rotatable bonds is 5. The number of thiazole rings is 1. The third kappa shape index (κ3) is 1.95. The van der Waals surface area contributed by atoms with Crippen LogP contribution in [0.1, 0.15) is 28.5 Å². The number of aromatic nitrogens is 1. The molecule has 0 bridgehead atoms. The maximum absolute atomic E-state index is 11.2. The van der Waals surface area contributed by atoms with E-state index in [9.17, 15) is 9.90 Å². The summed E-state index contributed by atoms with van der Waals surface area (Å²) in [6.45, 7) is 0. The van der Waals surface area contributed by atoms with E-state index in [1.54, 1.807) is 12.5 Å². The van der Waals surface area contributed by atoms with Crippen LogP contribution in [0.15, 0.2) is 29.0 Å². The van der Waals surface area contributed by atoms with E-state index >= 15 is 0 Å². The van der Waals surface area contributed by atoms with Gasteiger partial charge in [0.15, 0.2) is 0 Å². The Balaban J connectivity index is 1.69. The quantitative estimate of drug-likeness (QED) is 0.900. The molecule has 1 N–H and O–H groups in total. The molecule has 2 aromatic rings. The molecular formula is C13H13NO3S. The van der Waals surface area contributed by atoms with Crippen LogP contribution in [0.4, 0.5) is 0 Å². The van der Waals surface area contributed by atoms with Crippen molar-refractivity contribution in [2.24, 2.45) is 0 Å². The number of nitrogens with zero attached hydrogens (tertiary/aromatic N) is 1. The minimum Gasteiger partial charge on any atom is -0.481 e. The molecule has 0 spiro atoms. The zero-order valence-electron chi connectivity index (χ0n) is 9.76. The Morgan fingerprint density at radius 1 is 1.50 bits per heavy atom. The molecule has 94 valence electrons. The van der Waals surface area contributed by atoms with E-state index in [1.165, 1.54) is 11.3 Å². The van der Waals surface area contributed by atoms with Gasteiger partial charge in [0.25, 0.3) is 0 Å². The minimum atomic E-state index is -0.719. The number of hydrogen-bond donors (Lipinski definition) is 1. The van der Waals surface area contributed by atoms with Crippen molar-refractivity contribution >= 4 is 17.3 Å². The molecule has 0 unspecified atom stereocenters. The van der Waals surface area contributed by atoms with E-state index < -0.39 is 11.4 Å². The van der Waals surface area contributed by atoms with Crippen LogP contribution in [0.2, 0.25) is 0 Å². The summed E-state index contributed by atoms with van der Waals surface area (Å²) in [4.78, 5) is 16.4. The van der Waals surface area contributed by atoms with Crippen LogP contribution in [-0.4, -0.2) is 16.1 Å². The first-order valence-electron chi connectivity index (χ1n) is 5.92. The number of aryl methyl sites for hydroxylation is 2. The monoisotopic (exact) mass is 263 g/mol. The van der Waals surface area contributed by atoms with Gasteiger partial charge in [-0.2, -0.15) is 0 Å². The van der Waals surface area contributed by atoms with Crippen molar-refractivity contribution in [2.75, 3.05) is 0 Å². The van der Waals surface area contributed by atoms with Gasteiger partial charge in [-0.05, 0) is 25.0 Å². The van der Waals surface area contributed by atoms with Crippen LogP contribution in [0.25, 0.3) is 0 Å². The van der Waals surface area contributed by atoms with Gasteiger partial charge in [-0.3, -0.25) is 4.79 Å². The van der Waals surface area contributed by atoms with Gasteiger partial charge in [0.1, 0.15) is 11.2 Å². The summed E-state index contributed by atoms with van der Waals surface area (Å²) in [5.74, 6) is 0.217. The largest absolute Gasteiger partial charge is 0.481 e. The van der Waals surface area contributed by atoms with Gasteiger partial charge in [0.05, 0.1) is 11.3 Å². The van der Waals surface area contributed by atoms with Gasteiger partial charge in [0.2, 0.25) is 0 Å². The van der Waals surface area contributed by atoms with E-state index in [-0.39, 0.29) is 0 Å². The predicted octanol–water partition coefficient (Wildman–Crippen LogP) is 2.64. The number of aliphatic carboxylic acids is 1. The Hall–Kier alpha value is -1.62. The molecule has 1 saturated carbocycles. The highest BCUT2D eigenvalue weighted by atomic mass is 32.1. The molecule has 2 heterocycles. The number of hydrogen-bond acceptors (Lipinski definition) is 4. The fourth-order valence-electron chi connectivity index (χ4n) is 2.02. The molecule has 1 aliphatic rings. The van der Waals surface area contributed by atoms with Crippen LogP contribution in [-0.2, 0) is 23.1 Å². The smallest absolute Gasteiger partial charge is 0.315 e. The molecule has 0 atom stereocenters. The first-order chi connectivity index (χ1) is 8.71. The van der Waals surface area contributed by atoms with Crippen molar-refractivity contribution in [2.45, 2.75) is 31.1 Å². The molecule has 18 heavy (non-hydrogen) atoms. The standard InChI is InChI=1S/C13H13NO3S/c15-12(16)13(5-6-13)10-8-14-11(18-10)4-3-9-2-1-7-17-9/h1-2,7-8H,3-6H2,(H,15,16). The first kappa shape index (κ1) is 11.5. The fraction of sp³-hybridized carbons (Fsp3) is 0.385. The third-order valence-corrected chi connectivity index (χ3v) is 4.61. The molecule has 3 rings (SSSR count). The average molecular weight is 263 g/mol. The lowest BCUT2D eigenvalue weighted by Gasteiger charge is -2.04. The van der Waals surface area contributed by atoms with Crippen LogP contribution in [0, 0.1) is 0 Å². The molecule has 0 saturated heterocycles. The minimum absolute atomic E-state index is 0.624. The van der Waals surface area contributed by atoms with Gasteiger partial charge in [0, 0.05) is 23.9 Å². The van der Waals surface area contributed by atoms with Gasteiger partial charge >= 0.3 is 5.97 Å². The van der Waals surface area contributed by atoms with Crippen molar-refractivity contribution in [1.82, 2.24) is 4.98 Å². The predicted molar refractivity (Wildman–Crippen MR) is 66.8 cm³/mol. The molecule has 4 nitrogen and oxygen atoms in total. The Labute approximate surface area is 108 Å². The van der Waals surface area contributed by atoms with Crippen LogP contribution in [0.5, 0.6) is 0 Å². The second kappa shape index (κ2) is 4.24. The van der Waals surface area contributed by atoms with Gasteiger partial charge in [-0.1, -0.05) is 0 Å². The van der Waals surface area contributed by atoms with Crippen LogP contribution < -0.4 is 0 Å². The molecule has 1 aliphatic carbocycles. The molecule has 5 heteroatoms. The average Bonchev–Trinajstić information content (AvgIpc) is 2.81. The summed E-state index contributed by atoms with van der Waals surface area (Å²) >= 11 is 1.52. The maximum atomic E-state index is 11.2. The molecule has 0 radical (unpaired) electrons. The molecule has 0 aromatic carbocycles. The zero-order valence-corrected chi connectivity index (χ0v) is 10.6. The number of carboxylic acids is 1. The zero-order chi connectivity index (χ0) is 12.6. The SMILES string of the molecule is O=C(O)C1(c2cnc(CCc3ccco3)s2)CC1. The summed E-state index contributed by atoms with van der Waals surface area (Å²) < 4.78 is 5.26. The normalized spacial score (nSPS) is 16.7. The Kier molecular flexibility index (Phi) is 2.70. The van der Waals surface area contributed by atoms with Crippen molar-refractivity contribution in [3.05, 3.63) is 40.2 Å². The second-order valence-electron chi connectivity index (χ2n) is 4.58. The molecular weight excluding hydrogens is 250 g/mol. The van der Waals surface area contributed by atoms with Gasteiger partial charge in [-0.25, -0.2) is 4.98 Å². The molecule has 0 amide bonds. The van der Waals surface area contributed by atoms with E-state index in [2.05, 4.69) is 4.98 Å². The molecule has 1 fully saturated rings. The highest BCUT2D eigenvalue weighted by Crippen LogP contribution is 2.50. The first-order valence-corrected chi connectivity index (χ1v) is 6.73. The molecule has 2 aromatic heterocycles. The highest BCUT2D eigenvalue weighted by molar-refractivity contribution is 7.12. The van der Waals surface area contributed by atoms with Crippen molar-refractivity contribution in [3.8, 4) is 0 Å². The van der Waals surface area contributed by atoms with Crippen LogP contribution in [0.3, 0.4) is 0 Å². The number of carboxylic acid groups (broad SMARTS) is 1. The van der Waals surface area contributed by atoms with Gasteiger partial charge < -0.3 is 9.52 Å². The lowest BCUT2D eigenvalue weighted by atomic mass is 10.1. The molecule has 0 aliphatic heterocycles. The van der Waals surface area contributed by atoms with Crippen molar-refractivity contribution in [3.63, 3.8) is 0 Å². The summed E-state index contributed by atoms with van der Waals surface area (Å²) in [7, 11) is 0. The summed E-state index contributed by atoms with van der Waals surface area (Å²) in [5.41, 5.74) is -0.624. The van der Waals surface area contributed by atoms with E-state index in [0.29, 0.717) is 0 Å². The summed E-state index contributed by atoms with van der Waals surface area (Å²) in [6.07, 6.45) is 6.47. The summed E-state index contributed by atoms with van der Waals surface area (Å²) in [5, 5.41) is 10.2.